The van der Waals surface area contributed by atoms with Crippen molar-refractivity contribution >= 4 is 0 Å². The van der Waals surface area contributed by atoms with E-state index in [2.05, 4.69) is 18.7 Å². The van der Waals surface area contributed by atoms with Crippen molar-refractivity contribution in [3.63, 3.8) is 0 Å². The molecule has 0 aliphatic heterocycles. The van der Waals surface area contributed by atoms with Crippen molar-refractivity contribution in [2.24, 2.45) is 7.05 Å². The summed E-state index contributed by atoms with van der Waals surface area (Å²) in [5.74, 6) is 0.796. The monoisotopic (exact) mass is 441 g/mol. The SMILES string of the molecule is CCOCC(O)CN(Cc1c(-c2ccccc2)nn(C)c1Oc1ccc(F)cc1)C(C)C. The van der Waals surface area contributed by atoms with Gasteiger partial charge in [0, 0.05) is 38.3 Å². The zero-order valence-electron chi connectivity index (χ0n) is 19.2. The molecule has 0 bridgehead atoms. The molecule has 0 aliphatic carbocycles. The van der Waals surface area contributed by atoms with Crippen molar-refractivity contribution in [1.82, 2.24) is 14.7 Å². The Bertz CT molecular complexity index is 974. The van der Waals surface area contributed by atoms with Gasteiger partial charge in [-0.2, -0.15) is 5.10 Å². The molecule has 0 fully saturated rings. The Hall–Kier alpha value is -2.74. The summed E-state index contributed by atoms with van der Waals surface area (Å²) < 4.78 is 26.6. The molecule has 0 radical (unpaired) electrons. The Balaban J connectivity index is 1.97. The molecule has 1 N–H and O–H groups in total. The molecule has 172 valence electrons. The van der Waals surface area contributed by atoms with Gasteiger partial charge in [0.15, 0.2) is 0 Å². The lowest BCUT2D eigenvalue weighted by molar-refractivity contribution is 0.0132. The second-order valence-corrected chi connectivity index (χ2v) is 8.01. The summed E-state index contributed by atoms with van der Waals surface area (Å²) in [7, 11) is 1.83. The number of aryl methyl sites for hydroxylation is 1. The predicted molar refractivity (Wildman–Crippen MR) is 123 cm³/mol. The second kappa shape index (κ2) is 11.2. The normalized spacial score (nSPS) is 12.5. The van der Waals surface area contributed by atoms with Gasteiger partial charge in [-0.05, 0) is 45.0 Å². The summed E-state index contributed by atoms with van der Waals surface area (Å²) in [5.41, 5.74) is 2.70. The van der Waals surface area contributed by atoms with Crippen LogP contribution in [-0.4, -0.2) is 51.7 Å². The van der Waals surface area contributed by atoms with Crippen molar-refractivity contribution in [2.75, 3.05) is 19.8 Å². The van der Waals surface area contributed by atoms with Crippen molar-refractivity contribution in [3.8, 4) is 22.9 Å². The molecule has 1 aromatic heterocycles. The van der Waals surface area contributed by atoms with E-state index in [1.54, 1.807) is 16.8 Å². The lowest BCUT2D eigenvalue weighted by atomic mass is 10.1. The van der Waals surface area contributed by atoms with Crippen LogP contribution in [0.1, 0.15) is 26.3 Å². The van der Waals surface area contributed by atoms with Crippen LogP contribution in [0.2, 0.25) is 0 Å². The lowest BCUT2D eigenvalue weighted by Gasteiger charge is -2.29. The zero-order valence-corrected chi connectivity index (χ0v) is 19.2. The van der Waals surface area contributed by atoms with Crippen molar-refractivity contribution in [1.29, 1.82) is 0 Å². The zero-order chi connectivity index (χ0) is 23.1. The number of hydrogen-bond acceptors (Lipinski definition) is 5. The highest BCUT2D eigenvalue weighted by molar-refractivity contribution is 5.65. The van der Waals surface area contributed by atoms with E-state index in [0.717, 1.165) is 16.8 Å². The summed E-state index contributed by atoms with van der Waals surface area (Å²) >= 11 is 0. The number of aliphatic hydroxyl groups is 1. The first-order chi connectivity index (χ1) is 15.4. The third-order valence-corrected chi connectivity index (χ3v) is 5.21. The van der Waals surface area contributed by atoms with Gasteiger partial charge in [-0.15, -0.1) is 0 Å². The molecule has 7 heteroatoms. The van der Waals surface area contributed by atoms with E-state index in [-0.39, 0.29) is 18.5 Å². The number of halogens is 1. The van der Waals surface area contributed by atoms with E-state index in [0.29, 0.717) is 31.3 Å². The van der Waals surface area contributed by atoms with Gasteiger partial charge in [0.2, 0.25) is 5.88 Å². The lowest BCUT2D eigenvalue weighted by Crippen LogP contribution is -2.39. The first-order valence-electron chi connectivity index (χ1n) is 10.9. The Morgan fingerprint density at radius 3 is 2.41 bits per heavy atom. The van der Waals surface area contributed by atoms with Crippen LogP contribution < -0.4 is 4.74 Å². The van der Waals surface area contributed by atoms with Gasteiger partial charge < -0.3 is 14.6 Å². The third kappa shape index (κ3) is 6.16. The number of nitrogens with zero attached hydrogens (tertiary/aromatic N) is 3. The first kappa shape index (κ1) is 23.9. The molecular formula is C25H32FN3O3. The van der Waals surface area contributed by atoms with E-state index in [9.17, 15) is 9.50 Å². The van der Waals surface area contributed by atoms with Gasteiger partial charge in [0.25, 0.3) is 0 Å². The highest BCUT2D eigenvalue weighted by Gasteiger charge is 2.24. The van der Waals surface area contributed by atoms with Gasteiger partial charge in [-0.3, -0.25) is 4.90 Å². The summed E-state index contributed by atoms with van der Waals surface area (Å²) in [6, 6.07) is 16.0. The number of rotatable bonds is 11. The predicted octanol–water partition coefficient (Wildman–Crippen LogP) is 4.63. The summed E-state index contributed by atoms with van der Waals surface area (Å²) in [6.45, 7) is 7.92. The molecule has 0 amide bonds. The number of benzene rings is 2. The minimum absolute atomic E-state index is 0.175. The van der Waals surface area contributed by atoms with Gasteiger partial charge >= 0.3 is 0 Å². The van der Waals surface area contributed by atoms with E-state index in [4.69, 9.17) is 14.6 Å². The molecule has 6 nitrogen and oxygen atoms in total. The average molecular weight is 442 g/mol. The van der Waals surface area contributed by atoms with Crippen LogP contribution in [0, 0.1) is 5.82 Å². The number of hydrogen-bond donors (Lipinski definition) is 1. The Morgan fingerprint density at radius 2 is 1.78 bits per heavy atom. The maximum Gasteiger partial charge on any atom is 0.222 e. The number of ether oxygens (including phenoxy) is 2. The fourth-order valence-electron chi connectivity index (χ4n) is 3.50. The quantitative estimate of drug-likeness (QED) is 0.470. The minimum Gasteiger partial charge on any atom is -0.439 e. The Labute approximate surface area is 189 Å². The molecule has 2 aromatic carbocycles. The highest BCUT2D eigenvalue weighted by Crippen LogP contribution is 2.34. The standard InChI is InChI=1S/C25H32FN3O3/c1-5-31-17-21(30)15-29(18(2)3)16-23-24(19-9-7-6-8-10-19)27-28(4)25(23)32-22-13-11-20(26)12-14-22/h6-14,18,21,30H,5,15-17H2,1-4H3. The van der Waals surface area contributed by atoms with E-state index >= 15 is 0 Å². The van der Waals surface area contributed by atoms with Crippen molar-refractivity contribution in [3.05, 3.63) is 66.0 Å². The first-order valence-corrected chi connectivity index (χ1v) is 10.9. The third-order valence-electron chi connectivity index (χ3n) is 5.21. The molecule has 1 unspecified atom stereocenters. The van der Waals surface area contributed by atoms with Crippen LogP contribution in [0.4, 0.5) is 4.39 Å². The molecule has 0 saturated heterocycles. The van der Waals surface area contributed by atoms with E-state index in [1.165, 1.54) is 12.1 Å². The molecule has 1 heterocycles. The molecular weight excluding hydrogens is 409 g/mol. The molecule has 32 heavy (non-hydrogen) atoms. The fraction of sp³-hybridized carbons (Fsp3) is 0.400. The second-order valence-electron chi connectivity index (χ2n) is 8.01. The van der Waals surface area contributed by atoms with Gasteiger partial charge in [0.1, 0.15) is 17.3 Å². The van der Waals surface area contributed by atoms with Crippen LogP contribution in [0.25, 0.3) is 11.3 Å². The number of aromatic nitrogens is 2. The van der Waals surface area contributed by atoms with Gasteiger partial charge in [-0.25, -0.2) is 9.07 Å². The van der Waals surface area contributed by atoms with Crippen LogP contribution in [0.5, 0.6) is 11.6 Å². The van der Waals surface area contributed by atoms with Crippen LogP contribution in [0.3, 0.4) is 0 Å². The van der Waals surface area contributed by atoms with Crippen LogP contribution >= 0.6 is 0 Å². The van der Waals surface area contributed by atoms with Gasteiger partial charge in [-0.1, -0.05) is 30.3 Å². The molecule has 0 saturated carbocycles. The highest BCUT2D eigenvalue weighted by atomic mass is 19.1. The number of aliphatic hydroxyl groups excluding tert-OH is 1. The molecule has 0 spiro atoms. The Morgan fingerprint density at radius 1 is 1.09 bits per heavy atom. The summed E-state index contributed by atoms with van der Waals surface area (Å²) in [4.78, 5) is 2.17. The largest absolute Gasteiger partial charge is 0.439 e. The maximum atomic E-state index is 13.4. The van der Waals surface area contributed by atoms with Gasteiger partial charge in [0.05, 0.1) is 18.3 Å². The smallest absolute Gasteiger partial charge is 0.222 e. The molecule has 1 atom stereocenters. The van der Waals surface area contributed by atoms with E-state index in [1.807, 2.05) is 44.3 Å². The maximum absolute atomic E-state index is 13.4. The summed E-state index contributed by atoms with van der Waals surface area (Å²) in [6.07, 6.45) is -0.601. The Kier molecular flexibility index (Phi) is 8.39. The summed E-state index contributed by atoms with van der Waals surface area (Å²) in [5, 5.41) is 15.2. The van der Waals surface area contributed by atoms with Crippen molar-refractivity contribution in [2.45, 2.75) is 39.5 Å². The molecule has 0 aliphatic rings. The topological polar surface area (TPSA) is 59.8 Å². The molecule has 3 rings (SSSR count). The van der Waals surface area contributed by atoms with Crippen LogP contribution in [-0.2, 0) is 18.3 Å². The minimum atomic E-state index is -0.601. The van der Waals surface area contributed by atoms with Crippen molar-refractivity contribution < 1.29 is 19.0 Å². The average Bonchev–Trinajstić information content (AvgIpc) is 3.09. The molecule has 3 aromatic rings. The van der Waals surface area contributed by atoms with E-state index < -0.39 is 6.10 Å². The van der Waals surface area contributed by atoms with Crippen LogP contribution in [0.15, 0.2) is 54.6 Å². The fourth-order valence-corrected chi connectivity index (χ4v) is 3.50.